The van der Waals surface area contributed by atoms with Crippen molar-refractivity contribution in [1.82, 2.24) is 0 Å². The number of allylic oxidation sites excluding steroid dienone is 4. The molecule has 3 heteroatoms. The van der Waals surface area contributed by atoms with Gasteiger partial charge in [-0.15, -0.1) is 0 Å². The Balaban J connectivity index is 1.40. The van der Waals surface area contributed by atoms with Crippen molar-refractivity contribution < 1.29 is 13.5 Å². The molecule has 0 heterocycles. The fourth-order valence-electron chi connectivity index (χ4n) is 5.23. The SMILES string of the molecule is CCCCC1CC=C(CC/C=C/C2CCC(c3ccc(OCC)c(F)c3F)CC2)CC1. The molecule has 172 valence electrons. The minimum atomic E-state index is -0.838. The number of hydrogen-bond donors (Lipinski definition) is 0. The van der Waals surface area contributed by atoms with E-state index in [0.29, 0.717) is 18.1 Å². The quantitative estimate of drug-likeness (QED) is 0.337. The van der Waals surface area contributed by atoms with Crippen molar-refractivity contribution in [3.05, 3.63) is 53.1 Å². The Hall–Kier alpha value is -1.64. The molecule has 1 unspecified atom stereocenters. The highest BCUT2D eigenvalue weighted by Gasteiger charge is 2.25. The second-order valence-electron chi connectivity index (χ2n) is 9.44. The Morgan fingerprint density at radius 3 is 2.52 bits per heavy atom. The van der Waals surface area contributed by atoms with Gasteiger partial charge in [0.15, 0.2) is 11.6 Å². The molecule has 0 aromatic heterocycles. The summed E-state index contributed by atoms with van der Waals surface area (Å²) in [6.45, 7) is 4.39. The monoisotopic (exact) mass is 430 g/mol. The van der Waals surface area contributed by atoms with Crippen LogP contribution in [0.2, 0.25) is 0 Å². The van der Waals surface area contributed by atoms with Crippen LogP contribution in [-0.4, -0.2) is 6.61 Å². The molecule has 0 N–H and O–H groups in total. The van der Waals surface area contributed by atoms with Crippen LogP contribution in [0.4, 0.5) is 8.78 Å². The highest BCUT2D eigenvalue weighted by molar-refractivity contribution is 5.33. The fourth-order valence-corrected chi connectivity index (χ4v) is 5.23. The van der Waals surface area contributed by atoms with Crippen LogP contribution in [0, 0.1) is 23.5 Å². The maximum Gasteiger partial charge on any atom is 0.200 e. The van der Waals surface area contributed by atoms with E-state index in [1.165, 1.54) is 44.9 Å². The molecule has 0 amide bonds. The van der Waals surface area contributed by atoms with E-state index in [1.54, 1.807) is 24.6 Å². The lowest BCUT2D eigenvalue weighted by Crippen LogP contribution is -2.14. The zero-order valence-electron chi connectivity index (χ0n) is 19.5. The van der Waals surface area contributed by atoms with Gasteiger partial charge >= 0.3 is 0 Å². The van der Waals surface area contributed by atoms with E-state index in [1.807, 2.05) is 0 Å². The van der Waals surface area contributed by atoms with Crippen LogP contribution in [0.1, 0.15) is 102 Å². The highest BCUT2D eigenvalue weighted by Crippen LogP contribution is 2.39. The maximum atomic E-state index is 14.5. The zero-order valence-corrected chi connectivity index (χ0v) is 19.5. The fraction of sp³-hybridized carbons (Fsp3) is 0.643. The summed E-state index contributed by atoms with van der Waals surface area (Å²) in [5.74, 6) is 0.0687. The van der Waals surface area contributed by atoms with Crippen LogP contribution < -0.4 is 4.74 Å². The predicted octanol–water partition coefficient (Wildman–Crippen LogP) is 8.89. The Morgan fingerprint density at radius 2 is 1.84 bits per heavy atom. The topological polar surface area (TPSA) is 9.23 Å². The summed E-state index contributed by atoms with van der Waals surface area (Å²) >= 11 is 0. The third-order valence-electron chi connectivity index (χ3n) is 7.21. The van der Waals surface area contributed by atoms with Gasteiger partial charge in [-0.1, -0.05) is 56.1 Å². The molecule has 31 heavy (non-hydrogen) atoms. The molecular weight excluding hydrogens is 390 g/mol. The lowest BCUT2D eigenvalue weighted by Gasteiger charge is -2.27. The molecule has 1 aromatic rings. The standard InChI is InChI=1S/C28H40F2O/c1-3-5-8-21-11-13-22(14-12-21)9-6-7-10-23-15-17-24(18-16-23)25-19-20-26(31-4-2)28(30)27(25)29/h7,10,13,19-21,23-24H,3-6,8-9,11-12,14-18H2,1-2H3/b10-7+. The van der Waals surface area contributed by atoms with E-state index in [2.05, 4.69) is 25.2 Å². The second-order valence-corrected chi connectivity index (χ2v) is 9.44. The van der Waals surface area contributed by atoms with Gasteiger partial charge in [0.25, 0.3) is 0 Å². The third kappa shape index (κ3) is 6.92. The summed E-state index contributed by atoms with van der Waals surface area (Å²) in [6.07, 6.45) is 21.5. The third-order valence-corrected chi connectivity index (χ3v) is 7.21. The Morgan fingerprint density at radius 1 is 1.03 bits per heavy atom. The second kappa shape index (κ2) is 12.4. The molecule has 1 atom stereocenters. The average molecular weight is 431 g/mol. The van der Waals surface area contributed by atoms with Crippen molar-refractivity contribution in [3.8, 4) is 5.75 Å². The van der Waals surface area contributed by atoms with Gasteiger partial charge in [-0.05, 0) is 94.1 Å². The van der Waals surface area contributed by atoms with Gasteiger partial charge in [-0.3, -0.25) is 0 Å². The summed E-state index contributed by atoms with van der Waals surface area (Å²) in [4.78, 5) is 0. The molecule has 0 radical (unpaired) electrons. The number of unbranched alkanes of at least 4 members (excludes halogenated alkanes) is 1. The first-order chi connectivity index (χ1) is 15.1. The first-order valence-corrected chi connectivity index (χ1v) is 12.6. The Bertz CT molecular complexity index is 744. The van der Waals surface area contributed by atoms with Gasteiger partial charge < -0.3 is 4.74 Å². The minimum Gasteiger partial charge on any atom is -0.491 e. The van der Waals surface area contributed by atoms with Gasteiger partial charge in [0, 0.05) is 0 Å². The normalized spacial score (nSPS) is 24.4. The summed E-state index contributed by atoms with van der Waals surface area (Å²) in [6, 6.07) is 3.30. The Kier molecular flexibility index (Phi) is 9.61. The molecule has 1 aromatic carbocycles. The van der Waals surface area contributed by atoms with Crippen LogP contribution in [0.3, 0.4) is 0 Å². The van der Waals surface area contributed by atoms with Gasteiger partial charge in [0.2, 0.25) is 5.82 Å². The van der Waals surface area contributed by atoms with Crippen LogP contribution in [0.5, 0.6) is 5.75 Å². The van der Waals surface area contributed by atoms with Crippen molar-refractivity contribution in [1.29, 1.82) is 0 Å². The first kappa shape index (κ1) is 24.0. The first-order valence-electron chi connectivity index (χ1n) is 12.6. The molecule has 0 saturated heterocycles. The predicted molar refractivity (Wildman–Crippen MR) is 126 cm³/mol. The number of ether oxygens (including phenoxy) is 1. The molecule has 2 aliphatic rings. The lowest BCUT2D eigenvalue weighted by atomic mass is 9.78. The highest BCUT2D eigenvalue weighted by atomic mass is 19.2. The molecular formula is C28H40F2O. The van der Waals surface area contributed by atoms with E-state index in [4.69, 9.17) is 4.74 Å². The maximum absolute atomic E-state index is 14.5. The van der Waals surface area contributed by atoms with E-state index >= 15 is 0 Å². The average Bonchev–Trinajstić information content (AvgIpc) is 2.80. The van der Waals surface area contributed by atoms with E-state index in [9.17, 15) is 8.78 Å². The lowest BCUT2D eigenvalue weighted by molar-refractivity contribution is 0.310. The molecule has 0 aliphatic heterocycles. The molecule has 0 spiro atoms. The van der Waals surface area contributed by atoms with Crippen LogP contribution in [-0.2, 0) is 0 Å². The Labute approximate surface area is 188 Å². The van der Waals surface area contributed by atoms with Crippen molar-refractivity contribution in [3.63, 3.8) is 0 Å². The molecule has 3 rings (SSSR count). The van der Waals surface area contributed by atoms with Gasteiger partial charge in [0.1, 0.15) is 0 Å². The number of halogens is 2. The van der Waals surface area contributed by atoms with Crippen LogP contribution in [0.25, 0.3) is 0 Å². The van der Waals surface area contributed by atoms with E-state index in [0.717, 1.165) is 38.0 Å². The van der Waals surface area contributed by atoms with Crippen molar-refractivity contribution in [2.75, 3.05) is 6.61 Å². The van der Waals surface area contributed by atoms with E-state index < -0.39 is 11.6 Å². The zero-order chi connectivity index (χ0) is 22.1. The van der Waals surface area contributed by atoms with Crippen molar-refractivity contribution in [2.24, 2.45) is 11.8 Å². The number of benzene rings is 1. The largest absolute Gasteiger partial charge is 0.491 e. The molecule has 2 aliphatic carbocycles. The summed E-state index contributed by atoms with van der Waals surface area (Å²) in [5.41, 5.74) is 2.17. The van der Waals surface area contributed by atoms with Crippen molar-refractivity contribution >= 4 is 0 Å². The summed E-state index contributed by atoms with van der Waals surface area (Å²) in [7, 11) is 0. The number of hydrogen-bond acceptors (Lipinski definition) is 1. The van der Waals surface area contributed by atoms with Gasteiger partial charge in [-0.2, -0.15) is 4.39 Å². The molecule has 1 saturated carbocycles. The van der Waals surface area contributed by atoms with Crippen molar-refractivity contribution in [2.45, 2.75) is 96.8 Å². The molecule has 1 fully saturated rings. The van der Waals surface area contributed by atoms with Crippen LogP contribution in [0.15, 0.2) is 35.9 Å². The smallest absolute Gasteiger partial charge is 0.200 e. The molecule has 1 nitrogen and oxygen atoms in total. The van der Waals surface area contributed by atoms with Gasteiger partial charge in [-0.25, -0.2) is 4.39 Å². The summed E-state index contributed by atoms with van der Waals surface area (Å²) < 4.78 is 33.9. The van der Waals surface area contributed by atoms with Gasteiger partial charge in [0.05, 0.1) is 6.61 Å². The van der Waals surface area contributed by atoms with Crippen LogP contribution >= 0.6 is 0 Å². The summed E-state index contributed by atoms with van der Waals surface area (Å²) in [5, 5.41) is 0. The number of rotatable bonds is 10. The minimum absolute atomic E-state index is 0.0185. The van der Waals surface area contributed by atoms with E-state index in [-0.39, 0.29) is 11.7 Å². The molecule has 0 bridgehead atoms.